The number of nitrogens with one attached hydrogen (secondary N) is 2. The molecule has 2 aromatic rings. The Bertz CT molecular complexity index is 960. The van der Waals surface area contributed by atoms with E-state index >= 15 is 0 Å². The smallest absolute Gasteiger partial charge is 0.251 e. The van der Waals surface area contributed by atoms with Gasteiger partial charge in [0.15, 0.2) is 6.23 Å². The summed E-state index contributed by atoms with van der Waals surface area (Å²) < 4.78 is 12.6. The van der Waals surface area contributed by atoms with Crippen LogP contribution in [0.4, 0.5) is 5.82 Å². The number of aromatic nitrogens is 3. The average Bonchev–Trinajstić information content (AvgIpc) is 3.25. The lowest BCUT2D eigenvalue weighted by Gasteiger charge is -2.23. The quantitative estimate of drug-likeness (QED) is 0.364. The summed E-state index contributed by atoms with van der Waals surface area (Å²) >= 11 is 0. The molecule has 0 saturated carbocycles. The van der Waals surface area contributed by atoms with E-state index in [4.69, 9.17) is 15.2 Å². The number of anilines is 1. The Morgan fingerprint density at radius 1 is 1.40 bits per heavy atom. The molecular formula is C18H26N6O6. The monoisotopic (exact) mass is 422 g/mol. The van der Waals surface area contributed by atoms with Crippen LogP contribution in [0, 0.1) is 0 Å². The van der Waals surface area contributed by atoms with Gasteiger partial charge >= 0.3 is 0 Å². The summed E-state index contributed by atoms with van der Waals surface area (Å²) in [5.41, 5.74) is 4.96. The van der Waals surface area contributed by atoms with Crippen molar-refractivity contribution < 1.29 is 29.3 Å². The van der Waals surface area contributed by atoms with Gasteiger partial charge in [0.1, 0.15) is 36.1 Å². The fourth-order valence-electron chi connectivity index (χ4n) is 3.29. The molecule has 0 bridgehead atoms. The maximum absolute atomic E-state index is 12.6. The Kier molecular flexibility index (Phi) is 6.06. The lowest BCUT2D eigenvalue weighted by molar-refractivity contribution is -0.121. The second-order valence-corrected chi connectivity index (χ2v) is 7.50. The number of nitrogens with two attached hydrogens (primary N) is 1. The molecule has 0 spiro atoms. The van der Waals surface area contributed by atoms with Crippen molar-refractivity contribution >= 4 is 28.7 Å². The van der Waals surface area contributed by atoms with Gasteiger partial charge < -0.3 is 40.6 Å². The van der Waals surface area contributed by atoms with Gasteiger partial charge in [-0.3, -0.25) is 9.59 Å². The van der Waals surface area contributed by atoms with Gasteiger partial charge in [0.05, 0.1) is 23.1 Å². The van der Waals surface area contributed by atoms with Crippen molar-refractivity contribution in [3.05, 3.63) is 18.1 Å². The topological polar surface area (TPSA) is 174 Å². The van der Waals surface area contributed by atoms with E-state index in [0.717, 1.165) is 0 Å². The van der Waals surface area contributed by atoms with E-state index in [1.165, 1.54) is 24.2 Å². The number of hydrogen-bond acceptors (Lipinski definition) is 9. The van der Waals surface area contributed by atoms with Crippen molar-refractivity contribution in [1.29, 1.82) is 0 Å². The Morgan fingerprint density at radius 3 is 2.67 bits per heavy atom. The fourth-order valence-corrected chi connectivity index (χ4v) is 3.29. The first-order valence-electron chi connectivity index (χ1n) is 9.29. The standard InChI is InChI=1S/C18H26N6O6/c1-18(2,20-3)17(28)23-14-10-8(13(19)27)5-24(15(10)22-7-21-14)16-12(29-4)11(26)9(6-25)30-16/h5,7,9,11-12,16,20,25-26H,6H2,1-4H3,(H2,19,27)(H,21,22,23,28)/t9-,11?,12+,16-/m1/s1. The van der Waals surface area contributed by atoms with E-state index in [0.29, 0.717) is 0 Å². The molecule has 0 aromatic carbocycles. The highest BCUT2D eigenvalue weighted by Gasteiger charge is 2.45. The Balaban J connectivity index is 2.13. The third-order valence-electron chi connectivity index (χ3n) is 5.34. The highest BCUT2D eigenvalue weighted by Crippen LogP contribution is 2.36. The summed E-state index contributed by atoms with van der Waals surface area (Å²) in [7, 11) is 3.04. The van der Waals surface area contributed by atoms with Gasteiger partial charge in [-0.15, -0.1) is 0 Å². The van der Waals surface area contributed by atoms with Crippen LogP contribution < -0.4 is 16.4 Å². The van der Waals surface area contributed by atoms with E-state index < -0.39 is 42.6 Å². The molecule has 12 nitrogen and oxygen atoms in total. The summed E-state index contributed by atoms with van der Waals surface area (Å²) in [5.74, 6) is -1.04. The number of fused-ring (bicyclic) bond motifs is 1. The van der Waals surface area contributed by atoms with Gasteiger partial charge in [-0.05, 0) is 20.9 Å². The van der Waals surface area contributed by atoms with Gasteiger partial charge in [-0.2, -0.15) is 0 Å². The van der Waals surface area contributed by atoms with Gasteiger partial charge in [-0.25, -0.2) is 9.97 Å². The van der Waals surface area contributed by atoms with E-state index in [2.05, 4.69) is 20.6 Å². The average molecular weight is 422 g/mol. The molecule has 3 heterocycles. The van der Waals surface area contributed by atoms with Crippen LogP contribution in [0.3, 0.4) is 0 Å². The summed E-state index contributed by atoms with van der Waals surface area (Å²) in [6.45, 7) is 2.95. The lowest BCUT2D eigenvalue weighted by Crippen LogP contribution is -2.48. The zero-order chi connectivity index (χ0) is 22.2. The number of ether oxygens (including phenoxy) is 2. The van der Waals surface area contributed by atoms with Crippen LogP contribution in [0.2, 0.25) is 0 Å². The van der Waals surface area contributed by atoms with Crippen molar-refractivity contribution in [2.75, 3.05) is 26.1 Å². The molecule has 3 rings (SSSR count). The van der Waals surface area contributed by atoms with E-state index in [1.807, 2.05) is 0 Å². The van der Waals surface area contributed by atoms with Crippen LogP contribution in [-0.4, -0.2) is 81.2 Å². The number of aliphatic hydroxyl groups excluding tert-OH is 2. The first-order chi connectivity index (χ1) is 14.2. The fraction of sp³-hybridized carbons (Fsp3) is 0.556. The summed E-state index contributed by atoms with van der Waals surface area (Å²) in [4.78, 5) is 33.1. The number of rotatable bonds is 7. The van der Waals surface area contributed by atoms with Crippen LogP contribution in [-0.2, 0) is 14.3 Å². The number of likely N-dealkylation sites (N-methyl/N-ethyl adjacent to an activating group) is 1. The van der Waals surface area contributed by atoms with Crippen LogP contribution in [0.15, 0.2) is 12.5 Å². The number of carbonyl (C=O) groups excluding carboxylic acids is 2. The summed E-state index contributed by atoms with van der Waals surface area (Å²) in [6.07, 6.45) is -1.09. The predicted molar refractivity (Wildman–Crippen MR) is 106 cm³/mol. The molecule has 1 aliphatic rings. The molecule has 1 unspecified atom stereocenters. The highest BCUT2D eigenvalue weighted by molar-refractivity contribution is 6.12. The number of carbonyl (C=O) groups is 2. The van der Waals surface area contributed by atoms with Crippen LogP contribution >= 0.6 is 0 Å². The van der Waals surface area contributed by atoms with Gasteiger partial charge in [0.2, 0.25) is 5.91 Å². The second kappa shape index (κ2) is 8.24. The van der Waals surface area contributed by atoms with Crippen molar-refractivity contribution in [2.24, 2.45) is 5.73 Å². The van der Waals surface area contributed by atoms with Gasteiger partial charge in [-0.1, -0.05) is 0 Å². The van der Waals surface area contributed by atoms with Crippen LogP contribution in [0.5, 0.6) is 0 Å². The number of aliphatic hydroxyl groups is 2. The van der Waals surface area contributed by atoms with Crippen molar-refractivity contribution in [2.45, 2.75) is 43.9 Å². The highest BCUT2D eigenvalue weighted by atomic mass is 16.6. The van der Waals surface area contributed by atoms with Crippen LogP contribution in [0.25, 0.3) is 11.0 Å². The van der Waals surface area contributed by atoms with E-state index in [-0.39, 0.29) is 28.3 Å². The zero-order valence-corrected chi connectivity index (χ0v) is 17.1. The number of primary amides is 1. The first kappa shape index (κ1) is 22.1. The molecule has 0 radical (unpaired) electrons. The number of nitrogens with zero attached hydrogens (tertiary/aromatic N) is 3. The maximum Gasteiger partial charge on any atom is 0.251 e. The van der Waals surface area contributed by atoms with E-state index in [9.17, 15) is 19.8 Å². The minimum absolute atomic E-state index is 0.0588. The maximum atomic E-state index is 12.6. The zero-order valence-electron chi connectivity index (χ0n) is 17.1. The SMILES string of the molecule is CNC(C)(C)C(=O)Nc1ncnc2c1c(C(N)=O)cn2[C@@H]1O[C@H](CO)C(O)[C@@H]1OC. The molecular weight excluding hydrogens is 396 g/mol. The van der Waals surface area contributed by atoms with Crippen LogP contribution in [0.1, 0.15) is 30.4 Å². The molecule has 2 aromatic heterocycles. The first-order valence-corrected chi connectivity index (χ1v) is 9.29. The largest absolute Gasteiger partial charge is 0.394 e. The molecule has 164 valence electrons. The number of amides is 2. The van der Waals surface area contributed by atoms with Crippen molar-refractivity contribution in [3.8, 4) is 0 Å². The lowest BCUT2D eigenvalue weighted by atomic mass is 10.1. The Labute approximate surface area is 172 Å². The minimum Gasteiger partial charge on any atom is -0.394 e. The molecule has 12 heteroatoms. The molecule has 1 fully saturated rings. The molecule has 30 heavy (non-hydrogen) atoms. The van der Waals surface area contributed by atoms with Crippen molar-refractivity contribution in [1.82, 2.24) is 19.9 Å². The molecule has 6 N–H and O–H groups in total. The second-order valence-electron chi connectivity index (χ2n) is 7.50. The van der Waals surface area contributed by atoms with Gasteiger partial charge in [0, 0.05) is 13.3 Å². The van der Waals surface area contributed by atoms with Crippen molar-refractivity contribution in [3.63, 3.8) is 0 Å². The third kappa shape index (κ3) is 3.63. The third-order valence-corrected chi connectivity index (χ3v) is 5.34. The molecule has 2 amide bonds. The summed E-state index contributed by atoms with van der Waals surface area (Å²) in [5, 5.41) is 25.6. The normalized spacial score (nSPS) is 24.3. The Morgan fingerprint density at radius 2 is 2.10 bits per heavy atom. The van der Waals surface area contributed by atoms with E-state index in [1.54, 1.807) is 20.9 Å². The minimum atomic E-state index is -1.10. The summed E-state index contributed by atoms with van der Waals surface area (Å²) in [6, 6.07) is 0. The molecule has 4 atom stereocenters. The number of hydrogen-bond donors (Lipinski definition) is 5. The number of methoxy groups -OCH3 is 1. The molecule has 0 aliphatic carbocycles. The van der Waals surface area contributed by atoms with Gasteiger partial charge in [0.25, 0.3) is 5.91 Å². The molecule has 1 saturated heterocycles. The Hall–Kier alpha value is -2.64. The molecule has 1 aliphatic heterocycles. The predicted octanol–water partition coefficient (Wildman–Crippen LogP) is -1.27.